The highest BCUT2D eigenvalue weighted by molar-refractivity contribution is 7.19. The van der Waals surface area contributed by atoms with E-state index in [1.807, 2.05) is 48.2 Å². The molecule has 35 heavy (non-hydrogen) atoms. The molecule has 0 saturated carbocycles. The Balaban J connectivity index is 1.18. The summed E-state index contributed by atoms with van der Waals surface area (Å²) in [6.45, 7) is 5.21. The van der Waals surface area contributed by atoms with Crippen molar-refractivity contribution >= 4 is 33.8 Å². The summed E-state index contributed by atoms with van der Waals surface area (Å²) in [4.78, 5) is 34.4. The Kier molecular flexibility index (Phi) is 6.81. The fourth-order valence-electron chi connectivity index (χ4n) is 3.90. The van der Waals surface area contributed by atoms with Crippen molar-refractivity contribution in [3.8, 4) is 16.3 Å². The maximum atomic E-state index is 12.6. The predicted octanol–water partition coefficient (Wildman–Crippen LogP) is 3.50. The lowest BCUT2D eigenvalue weighted by Gasteiger charge is -2.34. The zero-order valence-electron chi connectivity index (χ0n) is 19.2. The van der Waals surface area contributed by atoms with Crippen molar-refractivity contribution in [1.82, 2.24) is 24.4 Å². The molecule has 0 atom stereocenters. The average Bonchev–Trinajstić information content (AvgIpc) is 3.29. The van der Waals surface area contributed by atoms with Gasteiger partial charge in [-0.1, -0.05) is 52.8 Å². The number of aromatic nitrogens is 3. The van der Waals surface area contributed by atoms with Crippen molar-refractivity contribution in [2.24, 2.45) is 0 Å². The normalized spacial score (nSPS) is 14.4. The maximum Gasteiger partial charge on any atom is 0.275 e. The van der Waals surface area contributed by atoms with Gasteiger partial charge in [-0.05, 0) is 31.2 Å². The van der Waals surface area contributed by atoms with Crippen LogP contribution in [0.4, 0.5) is 0 Å². The van der Waals surface area contributed by atoms with E-state index in [2.05, 4.69) is 15.0 Å². The first-order chi connectivity index (χ1) is 16.9. The summed E-state index contributed by atoms with van der Waals surface area (Å²) in [7, 11) is 0. The van der Waals surface area contributed by atoms with Gasteiger partial charge in [0.25, 0.3) is 11.5 Å². The number of amides is 1. The molecule has 0 unspecified atom stereocenters. The molecular weight excluding hydrogens is 486 g/mol. The largest absolute Gasteiger partial charge is 0.484 e. The highest BCUT2D eigenvalue weighted by atomic mass is 35.5. The molecule has 180 valence electrons. The fourth-order valence-corrected chi connectivity index (χ4v) is 4.96. The third kappa shape index (κ3) is 5.53. The van der Waals surface area contributed by atoms with Gasteiger partial charge in [0.2, 0.25) is 4.96 Å². The van der Waals surface area contributed by atoms with E-state index in [1.165, 1.54) is 21.9 Å². The quantitative estimate of drug-likeness (QED) is 0.396. The molecular formula is C25H24ClN5O3S. The van der Waals surface area contributed by atoms with Crippen LogP contribution in [0.3, 0.4) is 0 Å². The Hall–Kier alpha value is -3.27. The number of hydrogen-bond donors (Lipinski definition) is 0. The lowest BCUT2D eigenvalue weighted by atomic mass is 10.2. The molecule has 10 heteroatoms. The Morgan fingerprint density at radius 1 is 1.06 bits per heavy atom. The lowest BCUT2D eigenvalue weighted by Crippen LogP contribution is -2.49. The van der Waals surface area contributed by atoms with Gasteiger partial charge in [-0.25, -0.2) is 4.98 Å². The van der Waals surface area contributed by atoms with Crippen LogP contribution in [-0.4, -0.2) is 63.1 Å². The van der Waals surface area contributed by atoms with Crippen molar-refractivity contribution in [1.29, 1.82) is 0 Å². The van der Waals surface area contributed by atoms with E-state index >= 15 is 0 Å². The van der Waals surface area contributed by atoms with E-state index in [4.69, 9.17) is 16.3 Å². The summed E-state index contributed by atoms with van der Waals surface area (Å²) < 4.78 is 6.97. The van der Waals surface area contributed by atoms with Crippen LogP contribution >= 0.6 is 22.9 Å². The number of halogens is 1. The number of hydrogen-bond acceptors (Lipinski definition) is 7. The average molecular weight is 510 g/mol. The first-order valence-electron chi connectivity index (χ1n) is 11.3. The summed E-state index contributed by atoms with van der Waals surface area (Å²) >= 11 is 7.34. The molecule has 1 saturated heterocycles. The molecule has 5 rings (SSSR count). The van der Waals surface area contributed by atoms with Gasteiger partial charge < -0.3 is 9.64 Å². The zero-order valence-corrected chi connectivity index (χ0v) is 20.8. The van der Waals surface area contributed by atoms with Crippen LogP contribution in [0.5, 0.6) is 5.75 Å². The minimum absolute atomic E-state index is 0.0256. The summed E-state index contributed by atoms with van der Waals surface area (Å²) in [5, 5.41) is 5.78. The number of benzene rings is 2. The summed E-state index contributed by atoms with van der Waals surface area (Å²) in [6, 6.07) is 16.5. The Bertz CT molecular complexity index is 1390. The molecule has 1 aliphatic rings. The first-order valence-corrected chi connectivity index (χ1v) is 12.5. The van der Waals surface area contributed by atoms with Crippen molar-refractivity contribution in [2.75, 3.05) is 32.8 Å². The Labute approximate surface area is 211 Å². The number of ether oxygens (including phenoxy) is 1. The summed E-state index contributed by atoms with van der Waals surface area (Å²) in [5.41, 5.74) is 2.53. The van der Waals surface area contributed by atoms with Gasteiger partial charge in [0.15, 0.2) is 6.61 Å². The maximum absolute atomic E-state index is 12.6. The van der Waals surface area contributed by atoms with Crippen molar-refractivity contribution in [3.05, 3.63) is 81.2 Å². The molecule has 4 aromatic rings. The molecule has 0 spiro atoms. The number of fused-ring (bicyclic) bond motifs is 1. The number of aryl methyl sites for hydroxylation is 1. The third-order valence-corrected chi connectivity index (χ3v) is 7.09. The van der Waals surface area contributed by atoms with Gasteiger partial charge >= 0.3 is 0 Å². The second-order valence-electron chi connectivity index (χ2n) is 8.45. The second-order valence-corrected chi connectivity index (χ2v) is 9.85. The second kappa shape index (κ2) is 10.2. The van der Waals surface area contributed by atoms with Gasteiger partial charge in [0.1, 0.15) is 10.8 Å². The smallest absolute Gasteiger partial charge is 0.275 e. The van der Waals surface area contributed by atoms with Crippen LogP contribution in [-0.2, 0) is 11.3 Å². The number of piperazine rings is 1. The molecule has 1 fully saturated rings. The molecule has 0 radical (unpaired) electrons. The van der Waals surface area contributed by atoms with E-state index in [0.717, 1.165) is 11.1 Å². The highest BCUT2D eigenvalue weighted by Crippen LogP contribution is 2.25. The lowest BCUT2D eigenvalue weighted by molar-refractivity contribution is -0.135. The van der Waals surface area contributed by atoms with Crippen molar-refractivity contribution in [3.63, 3.8) is 0 Å². The van der Waals surface area contributed by atoms with E-state index in [9.17, 15) is 9.59 Å². The van der Waals surface area contributed by atoms with Crippen LogP contribution in [0.1, 0.15) is 11.3 Å². The third-order valence-electron chi connectivity index (χ3n) is 5.88. The molecule has 0 bridgehead atoms. The molecule has 1 amide bonds. The molecule has 0 N–H and O–H groups in total. The van der Waals surface area contributed by atoms with Crippen LogP contribution in [0, 0.1) is 6.92 Å². The number of carbonyl (C=O) groups excluding carboxylic acids is 1. The van der Waals surface area contributed by atoms with Gasteiger partial charge in [-0.3, -0.25) is 14.5 Å². The van der Waals surface area contributed by atoms with Crippen LogP contribution in [0.2, 0.25) is 5.02 Å². The summed E-state index contributed by atoms with van der Waals surface area (Å²) in [6.07, 6.45) is 0. The van der Waals surface area contributed by atoms with Gasteiger partial charge in [0, 0.05) is 49.4 Å². The van der Waals surface area contributed by atoms with E-state index in [0.29, 0.717) is 59.2 Å². The van der Waals surface area contributed by atoms with Crippen LogP contribution in [0.15, 0.2) is 59.4 Å². The zero-order chi connectivity index (χ0) is 24.4. The minimum atomic E-state index is -0.205. The molecule has 2 aromatic heterocycles. The van der Waals surface area contributed by atoms with Gasteiger partial charge in [0.05, 0.1) is 5.69 Å². The van der Waals surface area contributed by atoms with Crippen LogP contribution in [0.25, 0.3) is 15.5 Å². The van der Waals surface area contributed by atoms with E-state index in [-0.39, 0.29) is 18.1 Å². The molecule has 3 heterocycles. The SMILES string of the molecule is Cc1ccc(OCC(=O)N2CCN(Cc3cc(=O)n4nc(-c5ccc(Cl)cc5)sc4n3)CC2)cc1. The van der Waals surface area contributed by atoms with Gasteiger partial charge in [-0.15, -0.1) is 0 Å². The molecule has 0 aliphatic carbocycles. The molecule has 1 aliphatic heterocycles. The van der Waals surface area contributed by atoms with Crippen molar-refractivity contribution in [2.45, 2.75) is 13.5 Å². The number of nitrogens with zero attached hydrogens (tertiary/aromatic N) is 5. The van der Waals surface area contributed by atoms with Crippen LogP contribution < -0.4 is 10.3 Å². The Morgan fingerprint density at radius 2 is 1.77 bits per heavy atom. The summed E-state index contributed by atoms with van der Waals surface area (Å²) in [5.74, 6) is 0.667. The first kappa shape index (κ1) is 23.5. The monoisotopic (exact) mass is 509 g/mol. The topological polar surface area (TPSA) is 80.0 Å². The highest BCUT2D eigenvalue weighted by Gasteiger charge is 2.22. The standard InChI is InChI=1S/C25H24ClN5O3S/c1-17-2-8-21(9-3-17)34-16-23(33)30-12-10-29(11-13-30)15-20-14-22(32)31-25(27-20)35-24(28-31)18-4-6-19(26)7-5-18/h2-9,14H,10-13,15-16H2,1H3. The Morgan fingerprint density at radius 3 is 2.49 bits per heavy atom. The van der Waals surface area contributed by atoms with Gasteiger partial charge in [-0.2, -0.15) is 9.61 Å². The number of rotatable bonds is 6. The van der Waals surface area contributed by atoms with Crippen molar-refractivity contribution < 1.29 is 9.53 Å². The van der Waals surface area contributed by atoms with E-state index in [1.54, 1.807) is 12.1 Å². The number of carbonyl (C=O) groups is 1. The molecule has 8 nitrogen and oxygen atoms in total. The van der Waals surface area contributed by atoms with E-state index < -0.39 is 0 Å². The minimum Gasteiger partial charge on any atom is -0.484 e. The predicted molar refractivity (Wildman–Crippen MR) is 136 cm³/mol. The molecule has 2 aromatic carbocycles. The fraction of sp³-hybridized carbons (Fsp3) is 0.280.